The van der Waals surface area contributed by atoms with E-state index in [0.29, 0.717) is 27.8 Å². The van der Waals surface area contributed by atoms with Gasteiger partial charge in [-0.15, -0.1) is 0 Å². The fourth-order valence-corrected chi connectivity index (χ4v) is 3.59. The minimum atomic E-state index is -0.267. The first-order valence-corrected chi connectivity index (χ1v) is 9.90. The van der Waals surface area contributed by atoms with E-state index in [1.165, 1.54) is 0 Å². The van der Waals surface area contributed by atoms with Crippen LogP contribution in [-0.4, -0.2) is 22.8 Å². The van der Waals surface area contributed by atoms with Crippen LogP contribution < -0.4 is 14.8 Å². The van der Waals surface area contributed by atoms with Crippen molar-refractivity contribution in [3.05, 3.63) is 77.6 Å². The smallest absolute Gasteiger partial charge is 0.239 e. The highest BCUT2D eigenvalue weighted by atomic mass is 35.5. The number of benzene rings is 2. The maximum atomic E-state index is 12.7. The van der Waals surface area contributed by atoms with E-state index in [2.05, 4.69) is 15.5 Å². The molecule has 2 aromatic carbocycles. The molecule has 5 rings (SSSR count). The third-order valence-electron chi connectivity index (χ3n) is 4.87. The zero-order chi connectivity index (χ0) is 21.2. The number of fused-ring (bicyclic) bond motifs is 1. The molecule has 0 saturated heterocycles. The van der Waals surface area contributed by atoms with Gasteiger partial charge in [-0.1, -0.05) is 35.0 Å². The lowest BCUT2D eigenvalue weighted by Crippen LogP contribution is -2.14. The fraction of sp³-hybridized carbons (Fsp3) is 0.0870. The lowest BCUT2D eigenvalue weighted by atomic mass is 10.0. The largest absolute Gasteiger partial charge is 0.454 e. The van der Waals surface area contributed by atoms with Crippen LogP contribution in [0.4, 0.5) is 5.88 Å². The van der Waals surface area contributed by atoms with Gasteiger partial charge in [-0.05, 0) is 47.5 Å². The van der Waals surface area contributed by atoms with Crippen LogP contribution >= 0.6 is 11.6 Å². The summed E-state index contributed by atoms with van der Waals surface area (Å²) >= 11 is 6.18. The van der Waals surface area contributed by atoms with Gasteiger partial charge in [0, 0.05) is 23.0 Å². The van der Waals surface area contributed by atoms with Gasteiger partial charge < -0.3 is 14.0 Å². The molecule has 0 fully saturated rings. The average molecular weight is 434 g/mol. The van der Waals surface area contributed by atoms with Gasteiger partial charge in [-0.3, -0.25) is 15.1 Å². The van der Waals surface area contributed by atoms with Crippen LogP contribution in [0.5, 0.6) is 11.5 Å². The second-order valence-electron chi connectivity index (χ2n) is 6.86. The second kappa shape index (κ2) is 8.12. The van der Waals surface area contributed by atoms with Crippen molar-refractivity contribution in [2.45, 2.75) is 6.42 Å². The number of hydrogen-bond acceptors (Lipinski definition) is 6. The molecular weight excluding hydrogens is 418 g/mol. The van der Waals surface area contributed by atoms with E-state index >= 15 is 0 Å². The Morgan fingerprint density at radius 2 is 1.81 bits per heavy atom. The molecule has 154 valence electrons. The molecule has 0 unspecified atom stereocenters. The number of halogens is 1. The SMILES string of the molecule is O=C(Cc1ccccc1Cl)Nc1onc(-c2ccc3c(c2)OCO3)c1-c1ccncc1. The van der Waals surface area contributed by atoms with E-state index in [9.17, 15) is 4.79 Å². The van der Waals surface area contributed by atoms with Crippen molar-refractivity contribution in [1.82, 2.24) is 10.1 Å². The van der Waals surface area contributed by atoms with Crippen LogP contribution in [-0.2, 0) is 11.2 Å². The first kappa shape index (κ1) is 19.1. The highest BCUT2D eigenvalue weighted by Crippen LogP contribution is 2.41. The Morgan fingerprint density at radius 1 is 1.00 bits per heavy atom. The van der Waals surface area contributed by atoms with Crippen LogP contribution in [0.2, 0.25) is 5.02 Å². The maximum absolute atomic E-state index is 12.7. The van der Waals surface area contributed by atoms with Crippen LogP contribution in [0.1, 0.15) is 5.56 Å². The minimum absolute atomic E-state index is 0.107. The normalized spacial score (nSPS) is 12.0. The van der Waals surface area contributed by atoms with Crippen molar-refractivity contribution in [2.75, 3.05) is 12.1 Å². The molecule has 31 heavy (non-hydrogen) atoms. The Morgan fingerprint density at radius 3 is 2.65 bits per heavy atom. The van der Waals surface area contributed by atoms with Crippen molar-refractivity contribution in [3.63, 3.8) is 0 Å². The molecule has 0 spiro atoms. The molecule has 7 nitrogen and oxygen atoms in total. The monoisotopic (exact) mass is 433 g/mol. The van der Waals surface area contributed by atoms with E-state index in [4.69, 9.17) is 25.6 Å². The summed E-state index contributed by atoms with van der Waals surface area (Å²) in [5.74, 6) is 1.28. The first-order valence-electron chi connectivity index (χ1n) is 9.52. The minimum Gasteiger partial charge on any atom is -0.454 e. The van der Waals surface area contributed by atoms with Crippen molar-refractivity contribution in [3.8, 4) is 33.9 Å². The Bertz CT molecular complexity index is 1260. The summed E-state index contributed by atoms with van der Waals surface area (Å²) in [5, 5.41) is 7.59. The number of nitrogens with one attached hydrogen (secondary N) is 1. The van der Waals surface area contributed by atoms with Gasteiger partial charge in [0.05, 0.1) is 12.0 Å². The predicted octanol–water partition coefficient (Wildman–Crippen LogP) is 4.97. The van der Waals surface area contributed by atoms with Crippen molar-refractivity contribution >= 4 is 23.4 Å². The first-order chi connectivity index (χ1) is 15.2. The summed E-state index contributed by atoms with van der Waals surface area (Å²) in [6, 6.07) is 16.4. The highest BCUT2D eigenvalue weighted by molar-refractivity contribution is 6.31. The molecule has 3 heterocycles. The van der Waals surface area contributed by atoms with Gasteiger partial charge in [0.2, 0.25) is 18.6 Å². The third-order valence-corrected chi connectivity index (χ3v) is 5.24. The maximum Gasteiger partial charge on any atom is 0.239 e. The Balaban J connectivity index is 1.51. The second-order valence-corrected chi connectivity index (χ2v) is 7.26. The number of hydrogen-bond donors (Lipinski definition) is 1. The van der Waals surface area contributed by atoms with Gasteiger partial charge in [0.1, 0.15) is 5.69 Å². The standard InChI is InChI=1S/C23H16ClN3O4/c24-17-4-2-1-3-15(17)12-20(28)26-23-21(14-7-9-25-10-8-14)22(27-31-23)16-5-6-18-19(11-16)30-13-29-18/h1-11H,12-13H2,(H,26,28). The number of ether oxygens (including phenoxy) is 2. The molecule has 2 aromatic heterocycles. The number of carbonyl (C=O) groups is 1. The summed E-state index contributed by atoms with van der Waals surface area (Å²) in [6.45, 7) is 0.179. The van der Waals surface area contributed by atoms with Gasteiger partial charge in [0.15, 0.2) is 11.5 Å². The van der Waals surface area contributed by atoms with Gasteiger partial charge in [-0.2, -0.15) is 0 Å². The van der Waals surface area contributed by atoms with Gasteiger partial charge in [-0.25, -0.2) is 0 Å². The zero-order valence-electron chi connectivity index (χ0n) is 16.2. The molecular formula is C23H16ClN3O4. The van der Waals surface area contributed by atoms with E-state index in [0.717, 1.165) is 16.7 Å². The molecule has 8 heteroatoms. The summed E-state index contributed by atoms with van der Waals surface area (Å²) < 4.78 is 16.4. The van der Waals surface area contributed by atoms with Crippen LogP contribution in [0.3, 0.4) is 0 Å². The quantitative estimate of drug-likeness (QED) is 0.478. The summed E-state index contributed by atoms with van der Waals surface area (Å²) in [4.78, 5) is 16.8. The number of nitrogens with zero attached hydrogens (tertiary/aromatic N) is 2. The number of amides is 1. The van der Waals surface area contributed by atoms with E-state index in [-0.39, 0.29) is 25.0 Å². The van der Waals surface area contributed by atoms with Crippen molar-refractivity contribution in [1.29, 1.82) is 0 Å². The number of rotatable bonds is 5. The molecule has 1 aliphatic heterocycles. The number of aromatic nitrogens is 2. The number of carbonyl (C=O) groups excluding carboxylic acids is 1. The Labute approximate surface area is 182 Å². The lowest BCUT2D eigenvalue weighted by molar-refractivity contribution is -0.115. The Kier molecular flexibility index (Phi) is 5.01. The lowest BCUT2D eigenvalue weighted by Gasteiger charge is -2.07. The molecule has 0 bridgehead atoms. The summed E-state index contributed by atoms with van der Waals surface area (Å²) in [5.41, 5.74) is 3.51. The summed E-state index contributed by atoms with van der Waals surface area (Å²) in [6.07, 6.45) is 3.44. The van der Waals surface area contributed by atoms with E-state index < -0.39 is 0 Å². The molecule has 0 saturated carbocycles. The molecule has 1 aliphatic rings. The average Bonchev–Trinajstić information content (AvgIpc) is 3.42. The van der Waals surface area contributed by atoms with Gasteiger partial charge in [0.25, 0.3) is 0 Å². The third kappa shape index (κ3) is 3.83. The van der Waals surface area contributed by atoms with Gasteiger partial charge >= 0.3 is 0 Å². The molecule has 0 radical (unpaired) electrons. The van der Waals surface area contributed by atoms with E-state index in [1.807, 2.05) is 48.5 Å². The van der Waals surface area contributed by atoms with Crippen LogP contribution in [0.15, 0.2) is 71.5 Å². The fourth-order valence-electron chi connectivity index (χ4n) is 3.39. The highest BCUT2D eigenvalue weighted by Gasteiger charge is 2.23. The van der Waals surface area contributed by atoms with Crippen LogP contribution in [0.25, 0.3) is 22.4 Å². The number of pyridine rings is 1. The van der Waals surface area contributed by atoms with E-state index in [1.54, 1.807) is 18.5 Å². The van der Waals surface area contributed by atoms with Crippen LogP contribution in [0, 0.1) is 0 Å². The molecule has 4 aromatic rings. The predicted molar refractivity (Wildman–Crippen MR) is 115 cm³/mol. The topological polar surface area (TPSA) is 86.5 Å². The molecule has 1 N–H and O–H groups in total. The molecule has 0 aliphatic carbocycles. The number of anilines is 1. The zero-order valence-corrected chi connectivity index (χ0v) is 16.9. The Hall–Kier alpha value is -3.84. The van der Waals surface area contributed by atoms with Crippen molar-refractivity contribution in [2.24, 2.45) is 0 Å². The van der Waals surface area contributed by atoms with Crippen molar-refractivity contribution < 1.29 is 18.8 Å². The molecule has 1 amide bonds. The summed E-state index contributed by atoms with van der Waals surface area (Å²) in [7, 11) is 0. The molecule has 0 atom stereocenters.